The van der Waals surface area contributed by atoms with E-state index in [0.717, 1.165) is 21.6 Å². The third-order valence-corrected chi connectivity index (χ3v) is 5.04. The van der Waals surface area contributed by atoms with Gasteiger partial charge in [0, 0.05) is 17.1 Å². The molecule has 2 aromatic rings. The zero-order valence-corrected chi connectivity index (χ0v) is 14.1. The minimum atomic E-state index is -1.08. The fraction of sp³-hybridized carbons (Fsp3) is 0.214. The molecule has 2 rings (SSSR count). The summed E-state index contributed by atoms with van der Waals surface area (Å²) >= 11 is 4.40. The van der Waals surface area contributed by atoms with Crippen LogP contribution < -0.4 is 4.90 Å². The van der Waals surface area contributed by atoms with Crippen LogP contribution in [0.2, 0.25) is 0 Å². The second kappa shape index (κ2) is 5.95. The summed E-state index contributed by atoms with van der Waals surface area (Å²) in [4.78, 5) is 25.2. The molecule has 1 aromatic carbocycles. The Morgan fingerprint density at radius 1 is 1.33 bits per heavy atom. The first-order valence-electron chi connectivity index (χ1n) is 6.07. The van der Waals surface area contributed by atoms with E-state index in [-0.39, 0.29) is 11.5 Å². The van der Waals surface area contributed by atoms with E-state index in [2.05, 4.69) is 20.3 Å². The fourth-order valence-corrected chi connectivity index (χ4v) is 3.16. The predicted octanol–water partition coefficient (Wildman–Crippen LogP) is 3.50. The highest BCUT2D eigenvalue weighted by Crippen LogP contribution is 2.30. The van der Waals surface area contributed by atoms with E-state index in [9.17, 15) is 14.7 Å². The Kier molecular flexibility index (Phi) is 4.43. The first kappa shape index (κ1) is 15.7. The number of benzene rings is 1. The molecule has 110 valence electrons. The third-order valence-electron chi connectivity index (χ3n) is 3.17. The van der Waals surface area contributed by atoms with Crippen molar-refractivity contribution in [1.29, 1.82) is 0 Å². The Morgan fingerprint density at radius 3 is 2.62 bits per heavy atom. The number of carboxylic acid groups (broad SMARTS) is 1. The minimum Gasteiger partial charge on any atom is -0.478 e. The lowest BCUT2D eigenvalue weighted by molar-refractivity contribution is 0.0697. The quantitative estimate of drug-likeness (QED) is 0.899. The molecule has 5 nitrogen and oxygen atoms in total. The van der Waals surface area contributed by atoms with Gasteiger partial charge in [-0.25, -0.2) is 4.79 Å². The van der Waals surface area contributed by atoms with Crippen molar-refractivity contribution in [3.05, 3.63) is 45.1 Å². The average molecular weight is 369 g/mol. The molecule has 0 aliphatic rings. The van der Waals surface area contributed by atoms with Crippen molar-refractivity contribution < 1.29 is 14.7 Å². The van der Waals surface area contributed by atoms with Crippen LogP contribution in [-0.4, -0.2) is 28.4 Å². The van der Waals surface area contributed by atoms with Gasteiger partial charge < -0.3 is 10.0 Å². The Hall–Kier alpha value is -1.73. The number of amides is 1. The molecule has 0 saturated carbocycles. The molecule has 7 heteroatoms. The van der Waals surface area contributed by atoms with E-state index in [1.165, 1.54) is 4.90 Å². The molecular weight excluding hydrogens is 356 g/mol. The van der Waals surface area contributed by atoms with Crippen LogP contribution in [-0.2, 0) is 0 Å². The van der Waals surface area contributed by atoms with Crippen LogP contribution in [0.1, 0.15) is 32.0 Å². The molecule has 21 heavy (non-hydrogen) atoms. The number of carboxylic acids is 1. The summed E-state index contributed by atoms with van der Waals surface area (Å²) in [5, 5.41) is 9.59. The topological polar surface area (TPSA) is 70.5 Å². The number of nitrogens with zero attached hydrogens (tertiary/aromatic N) is 2. The minimum absolute atomic E-state index is 0.0727. The predicted molar refractivity (Wildman–Crippen MR) is 85.4 cm³/mol. The van der Waals surface area contributed by atoms with E-state index in [1.54, 1.807) is 26.1 Å². The van der Waals surface area contributed by atoms with Gasteiger partial charge in [0.15, 0.2) is 0 Å². The van der Waals surface area contributed by atoms with Crippen LogP contribution in [0.5, 0.6) is 0 Å². The van der Waals surface area contributed by atoms with E-state index in [4.69, 9.17) is 0 Å². The number of anilines is 1. The third kappa shape index (κ3) is 2.84. The summed E-state index contributed by atoms with van der Waals surface area (Å²) in [6.07, 6.45) is 0. The van der Waals surface area contributed by atoms with E-state index >= 15 is 0 Å². The van der Waals surface area contributed by atoms with Crippen molar-refractivity contribution in [2.75, 3.05) is 11.9 Å². The maximum Gasteiger partial charge on any atom is 0.340 e. The summed E-state index contributed by atoms with van der Waals surface area (Å²) < 4.78 is 4.87. The highest BCUT2D eigenvalue weighted by Gasteiger charge is 2.25. The molecule has 1 amide bonds. The van der Waals surface area contributed by atoms with Crippen molar-refractivity contribution >= 4 is 44.3 Å². The van der Waals surface area contributed by atoms with Gasteiger partial charge in [-0.3, -0.25) is 4.79 Å². The number of aromatic carboxylic acids is 1. The van der Waals surface area contributed by atoms with Gasteiger partial charge in [0.05, 0.1) is 5.69 Å². The fourth-order valence-electron chi connectivity index (χ4n) is 1.94. The Bertz CT molecular complexity index is 727. The largest absolute Gasteiger partial charge is 0.478 e. The Labute approximate surface area is 134 Å². The number of aromatic nitrogens is 1. The van der Waals surface area contributed by atoms with Crippen molar-refractivity contribution in [3.63, 3.8) is 0 Å². The van der Waals surface area contributed by atoms with Crippen molar-refractivity contribution in [2.45, 2.75) is 13.8 Å². The monoisotopic (exact) mass is 368 g/mol. The zero-order valence-electron chi connectivity index (χ0n) is 11.7. The number of rotatable bonds is 3. The summed E-state index contributed by atoms with van der Waals surface area (Å²) in [5.41, 5.74) is 1.82. The number of carbonyl (C=O) groups excluding carboxylic acids is 1. The first-order chi connectivity index (χ1) is 9.84. The second-order valence-electron chi connectivity index (χ2n) is 4.53. The number of hydrogen-bond acceptors (Lipinski definition) is 4. The van der Waals surface area contributed by atoms with Crippen molar-refractivity contribution in [3.8, 4) is 0 Å². The van der Waals surface area contributed by atoms with Crippen molar-refractivity contribution in [2.24, 2.45) is 0 Å². The molecule has 1 heterocycles. The zero-order chi connectivity index (χ0) is 15.7. The van der Waals surface area contributed by atoms with Crippen LogP contribution in [0.3, 0.4) is 0 Å². The van der Waals surface area contributed by atoms with Gasteiger partial charge in [-0.05, 0) is 43.1 Å². The standard InChI is InChI=1S/C14H13BrN2O3S/c1-7-9(5-4-6-10(7)15)12(18)17(3)13-11(14(19)20)8(2)16-21-13/h4-6H,1-3H3,(H,19,20). The van der Waals surface area contributed by atoms with E-state index < -0.39 is 5.97 Å². The first-order valence-corrected chi connectivity index (χ1v) is 7.64. The Balaban J connectivity index is 2.45. The Morgan fingerprint density at radius 2 is 2.00 bits per heavy atom. The van der Waals surface area contributed by atoms with E-state index in [0.29, 0.717) is 16.3 Å². The lowest BCUT2D eigenvalue weighted by atomic mass is 10.1. The molecule has 0 aliphatic heterocycles. The molecule has 0 radical (unpaired) electrons. The van der Waals surface area contributed by atoms with Crippen LogP contribution in [0, 0.1) is 13.8 Å². The molecule has 0 spiro atoms. The van der Waals surface area contributed by atoms with Gasteiger partial charge in [0.25, 0.3) is 5.91 Å². The maximum absolute atomic E-state index is 12.6. The molecule has 0 atom stereocenters. The normalized spacial score (nSPS) is 10.5. The van der Waals surface area contributed by atoms with E-state index in [1.807, 2.05) is 13.0 Å². The molecule has 0 unspecified atom stereocenters. The lowest BCUT2D eigenvalue weighted by Gasteiger charge is -2.17. The van der Waals surface area contributed by atoms with Crippen LogP contribution in [0.15, 0.2) is 22.7 Å². The highest BCUT2D eigenvalue weighted by molar-refractivity contribution is 9.10. The number of aryl methyl sites for hydroxylation is 1. The molecule has 1 N–H and O–H groups in total. The molecule has 0 fully saturated rings. The summed E-state index contributed by atoms with van der Waals surface area (Å²) in [7, 11) is 1.56. The van der Waals surface area contributed by atoms with Gasteiger partial charge in [-0.15, -0.1) is 0 Å². The van der Waals surface area contributed by atoms with Crippen LogP contribution >= 0.6 is 27.5 Å². The smallest absolute Gasteiger partial charge is 0.340 e. The number of halogens is 1. The lowest BCUT2D eigenvalue weighted by Crippen LogP contribution is -2.27. The molecule has 0 saturated heterocycles. The molecule has 0 aliphatic carbocycles. The van der Waals surface area contributed by atoms with Gasteiger partial charge in [0.2, 0.25) is 0 Å². The molecular formula is C14H13BrN2O3S. The molecule has 0 bridgehead atoms. The highest BCUT2D eigenvalue weighted by atomic mass is 79.9. The number of carbonyl (C=O) groups is 2. The second-order valence-corrected chi connectivity index (χ2v) is 6.14. The average Bonchev–Trinajstić information content (AvgIpc) is 2.82. The SMILES string of the molecule is Cc1nsc(N(C)C(=O)c2cccc(Br)c2C)c1C(=O)O. The van der Waals surface area contributed by atoms with Crippen LogP contribution in [0.4, 0.5) is 5.00 Å². The van der Waals surface area contributed by atoms with Gasteiger partial charge >= 0.3 is 5.97 Å². The summed E-state index contributed by atoms with van der Waals surface area (Å²) in [5.74, 6) is -1.35. The van der Waals surface area contributed by atoms with Gasteiger partial charge in [0.1, 0.15) is 10.6 Å². The van der Waals surface area contributed by atoms with Gasteiger partial charge in [-0.1, -0.05) is 22.0 Å². The van der Waals surface area contributed by atoms with Crippen molar-refractivity contribution in [1.82, 2.24) is 4.37 Å². The summed E-state index contributed by atoms with van der Waals surface area (Å²) in [6, 6.07) is 5.34. The van der Waals surface area contributed by atoms with Gasteiger partial charge in [-0.2, -0.15) is 4.37 Å². The number of hydrogen-bond donors (Lipinski definition) is 1. The van der Waals surface area contributed by atoms with Crippen LogP contribution in [0.25, 0.3) is 0 Å². The maximum atomic E-state index is 12.6. The summed E-state index contributed by atoms with van der Waals surface area (Å²) in [6.45, 7) is 3.45. The molecule has 1 aromatic heterocycles.